The quantitative estimate of drug-likeness (QED) is 0.410. The Morgan fingerprint density at radius 2 is 1.71 bits per heavy atom. The molecule has 202 valence electrons. The second kappa shape index (κ2) is 12.9. The summed E-state index contributed by atoms with van der Waals surface area (Å²) in [5, 5.41) is 15.0. The van der Waals surface area contributed by atoms with Gasteiger partial charge in [0.15, 0.2) is 0 Å². The van der Waals surface area contributed by atoms with Gasteiger partial charge < -0.3 is 26.0 Å². The van der Waals surface area contributed by atoms with E-state index in [9.17, 15) is 24.4 Å². The lowest BCUT2D eigenvalue weighted by Gasteiger charge is -2.33. The summed E-state index contributed by atoms with van der Waals surface area (Å²) in [4.78, 5) is 52.8. The van der Waals surface area contributed by atoms with Gasteiger partial charge in [-0.05, 0) is 57.4 Å². The van der Waals surface area contributed by atoms with Gasteiger partial charge in [-0.15, -0.1) is 0 Å². The SMILES string of the molecule is Cc1ccccc1C(C(=O)Nc1c(C)cccc1Cl)N(CC#N)C(=O)C(CC(N)=O)NC(=O)OC(C)(C)C. The monoisotopic (exact) mass is 541 g/mol. The number of nitrogens with two attached hydrogens (primary N) is 1. The zero-order chi connectivity index (χ0) is 28.6. The van der Waals surface area contributed by atoms with Crippen LogP contribution in [0.25, 0.3) is 0 Å². The Bertz CT molecular complexity index is 1230. The van der Waals surface area contributed by atoms with Gasteiger partial charge in [-0.25, -0.2) is 4.79 Å². The Balaban J connectivity index is 2.57. The number of nitrogens with zero attached hydrogens (tertiary/aromatic N) is 2. The molecule has 0 radical (unpaired) electrons. The number of ether oxygens (including phenoxy) is 1. The number of primary amides is 1. The minimum Gasteiger partial charge on any atom is -0.444 e. The predicted molar refractivity (Wildman–Crippen MR) is 143 cm³/mol. The third-order valence-electron chi connectivity index (χ3n) is 5.43. The van der Waals surface area contributed by atoms with Gasteiger partial charge >= 0.3 is 6.09 Å². The molecule has 4 N–H and O–H groups in total. The molecule has 0 heterocycles. The lowest BCUT2D eigenvalue weighted by atomic mass is 9.97. The average Bonchev–Trinajstić information content (AvgIpc) is 2.80. The topological polar surface area (TPSA) is 155 Å². The molecule has 0 aromatic heterocycles. The van der Waals surface area contributed by atoms with Crippen LogP contribution < -0.4 is 16.4 Å². The third kappa shape index (κ3) is 8.21. The van der Waals surface area contributed by atoms with E-state index in [-0.39, 0.29) is 0 Å². The second-order valence-corrected chi connectivity index (χ2v) is 10.1. The number of amides is 4. The molecule has 4 amide bonds. The van der Waals surface area contributed by atoms with Gasteiger partial charge in [0.1, 0.15) is 24.2 Å². The van der Waals surface area contributed by atoms with Crippen LogP contribution >= 0.6 is 11.6 Å². The standard InChI is InChI=1S/C27H32ClN5O5/c1-16-9-6-7-11-18(16)23(24(35)32-22-17(2)10-8-12-19(22)28)33(14-13-29)25(36)20(15-21(30)34)31-26(37)38-27(3,4)5/h6-12,20,23H,14-15H2,1-5H3,(H2,30,34)(H,31,37)(H,32,35). The maximum atomic E-state index is 13.8. The van der Waals surface area contributed by atoms with Crippen LogP contribution in [-0.4, -0.2) is 46.9 Å². The smallest absolute Gasteiger partial charge is 0.408 e. The molecule has 2 unspecified atom stereocenters. The molecule has 10 nitrogen and oxygen atoms in total. The van der Waals surface area contributed by atoms with Crippen molar-refractivity contribution in [1.29, 1.82) is 5.26 Å². The Morgan fingerprint density at radius 3 is 2.26 bits per heavy atom. The van der Waals surface area contributed by atoms with Gasteiger partial charge in [0.05, 0.1) is 23.2 Å². The molecule has 2 aromatic carbocycles. The second-order valence-electron chi connectivity index (χ2n) is 9.67. The molecular formula is C27H32ClN5O5. The molecule has 2 aromatic rings. The number of alkyl carbamates (subject to hydrolysis) is 1. The first-order chi connectivity index (χ1) is 17.7. The van der Waals surface area contributed by atoms with E-state index in [0.29, 0.717) is 27.4 Å². The van der Waals surface area contributed by atoms with Crippen LogP contribution in [0.2, 0.25) is 5.02 Å². The zero-order valence-electron chi connectivity index (χ0n) is 22.0. The summed E-state index contributed by atoms with van der Waals surface area (Å²) in [6.07, 6.45) is -1.54. The number of para-hydroxylation sites is 1. The van der Waals surface area contributed by atoms with Crippen LogP contribution in [-0.2, 0) is 19.1 Å². The number of rotatable bonds is 9. The summed E-state index contributed by atoms with van der Waals surface area (Å²) in [5.74, 6) is -2.38. The van der Waals surface area contributed by atoms with E-state index in [1.807, 2.05) is 6.07 Å². The molecule has 11 heteroatoms. The van der Waals surface area contributed by atoms with Gasteiger partial charge in [0.2, 0.25) is 11.8 Å². The number of hydrogen-bond donors (Lipinski definition) is 3. The fourth-order valence-electron chi connectivity index (χ4n) is 3.75. The molecule has 0 fully saturated rings. The van der Waals surface area contributed by atoms with E-state index in [1.54, 1.807) is 77.1 Å². The molecule has 0 aliphatic heterocycles. The van der Waals surface area contributed by atoms with Gasteiger partial charge in [0, 0.05) is 0 Å². The molecule has 2 rings (SSSR count). The van der Waals surface area contributed by atoms with Crippen molar-refractivity contribution in [3.63, 3.8) is 0 Å². The highest BCUT2D eigenvalue weighted by Gasteiger charge is 2.37. The number of carbonyl (C=O) groups is 4. The molecule has 0 saturated carbocycles. The molecule has 0 aliphatic carbocycles. The zero-order valence-corrected chi connectivity index (χ0v) is 22.8. The van der Waals surface area contributed by atoms with Crippen LogP contribution in [0.5, 0.6) is 0 Å². The third-order valence-corrected chi connectivity index (χ3v) is 5.75. The van der Waals surface area contributed by atoms with Gasteiger partial charge in [-0.3, -0.25) is 14.4 Å². The van der Waals surface area contributed by atoms with Crippen molar-refractivity contribution in [2.75, 3.05) is 11.9 Å². The van der Waals surface area contributed by atoms with Crippen molar-refractivity contribution in [1.82, 2.24) is 10.2 Å². The largest absolute Gasteiger partial charge is 0.444 e. The molecule has 2 atom stereocenters. The molecular weight excluding hydrogens is 510 g/mol. The summed E-state index contributed by atoms with van der Waals surface area (Å²) in [6.45, 7) is 7.89. The number of nitriles is 1. The highest BCUT2D eigenvalue weighted by molar-refractivity contribution is 6.34. The summed E-state index contributed by atoms with van der Waals surface area (Å²) in [7, 11) is 0. The first kappa shape index (κ1) is 30.1. The van der Waals surface area contributed by atoms with E-state index in [1.165, 1.54) is 0 Å². The normalized spacial score (nSPS) is 12.4. The molecule has 38 heavy (non-hydrogen) atoms. The summed E-state index contributed by atoms with van der Waals surface area (Å²) < 4.78 is 5.22. The lowest BCUT2D eigenvalue weighted by molar-refractivity contribution is -0.141. The van der Waals surface area contributed by atoms with E-state index in [4.69, 9.17) is 22.1 Å². The van der Waals surface area contributed by atoms with Crippen LogP contribution in [0.4, 0.5) is 10.5 Å². The maximum absolute atomic E-state index is 13.8. The first-order valence-corrected chi connectivity index (χ1v) is 12.2. The van der Waals surface area contributed by atoms with E-state index >= 15 is 0 Å². The summed E-state index contributed by atoms with van der Waals surface area (Å²) in [5.41, 5.74) is 6.62. The van der Waals surface area contributed by atoms with Crippen molar-refractivity contribution in [2.24, 2.45) is 5.73 Å². The van der Waals surface area contributed by atoms with Gasteiger partial charge in [-0.2, -0.15) is 5.26 Å². The predicted octanol–water partition coefficient (Wildman–Crippen LogP) is 3.76. The van der Waals surface area contributed by atoms with E-state index in [0.717, 1.165) is 4.90 Å². The van der Waals surface area contributed by atoms with Crippen molar-refractivity contribution in [3.8, 4) is 6.07 Å². The Morgan fingerprint density at radius 1 is 1.08 bits per heavy atom. The number of benzene rings is 2. The first-order valence-electron chi connectivity index (χ1n) is 11.8. The number of aryl methyl sites for hydroxylation is 2. The molecule has 0 bridgehead atoms. The maximum Gasteiger partial charge on any atom is 0.408 e. The highest BCUT2D eigenvalue weighted by atomic mass is 35.5. The number of anilines is 1. The van der Waals surface area contributed by atoms with Crippen molar-refractivity contribution >= 4 is 41.1 Å². The van der Waals surface area contributed by atoms with Crippen molar-refractivity contribution < 1.29 is 23.9 Å². The van der Waals surface area contributed by atoms with Crippen molar-refractivity contribution in [3.05, 3.63) is 64.2 Å². The Hall–Kier alpha value is -4.10. The molecule has 0 aliphatic rings. The van der Waals surface area contributed by atoms with Crippen LogP contribution in [0.3, 0.4) is 0 Å². The van der Waals surface area contributed by atoms with Crippen molar-refractivity contribution in [2.45, 2.75) is 58.7 Å². The number of nitrogens with one attached hydrogen (secondary N) is 2. The number of carbonyl (C=O) groups excluding carboxylic acids is 4. The van der Waals surface area contributed by atoms with Gasteiger partial charge in [0.25, 0.3) is 5.91 Å². The fourth-order valence-corrected chi connectivity index (χ4v) is 4.02. The Labute approximate surface area is 227 Å². The van der Waals surface area contributed by atoms with Crippen LogP contribution in [0.15, 0.2) is 42.5 Å². The Kier molecular flexibility index (Phi) is 10.2. The summed E-state index contributed by atoms with van der Waals surface area (Å²) >= 11 is 6.32. The molecule has 0 saturated heterocycles. The summed E-state index contributed by atoms with van der Waals surface area (Å²) in [6, 6.07) is 11.1. The minimum atomic E-state index is -1.49. The molecule has 0 spiro atoms. The van der Waals surface area contributed by atoms with E-state index in [2.05, 4.69) is 10.6 Å². The number of hydrogen-bond acceptors (Lipinski definition) is 6. The fraction of sp³-hybridized carbons (Fsp3) is 0.370. The van der Waals surface area contributed by atoms with Crippen LogP contribution in [0, 0.1) is 25.2 Å². The lowest BCUT2D eigenvalue weighted by Crippen LogP contribution is -2.53. The van der Waals surface area contributed by atoms with Crippen LogP contribution in [0.1, 0.15) is 49.9 Å². The minimum absolute atomic E-state index is 0.290. The van der Waals surface area contributed by atoms with E-state index < -0.39 is 54.5 Å². The average molecular weight is 542 g/mol. The highest BCUT2D eigenvalue weighted by Crippen LogP contribution is 2.30. The number of halogens is 1. The van der Waals surface area contributed by atoms with Gasteiger partial charge in [-0.1, -0.05) is 48.0 Å².